The molecule has 0 aliphatic heterocycles. The van der Waals surface area contributed by atoms with Gasteiger partial charge in [0, 0.05) is 12.1 Å². The normalized spacial score (nSPS) is 28.5. The molecule has 3 N–H and O–H groups in total. The lowest BCUT2D eigenvalue weighted by molar-refractivity contribution is 0.0753. The number of hydrogen-bond acceptors (Lipinski definition) is 4. The molecule has 0 spiro atoms. The van der Waals surface area contributed by atoms with Crippen LogP contribution in [-0.2, 0) is 0 Å². The highest BCUT2D eigenvalue weighted by atomic mass is 35.5. The van der Waals surface area contributed by atoms with Crippen LogP contribution in [0.2, 0.25) is 0 Å². The first-order valence-electron chi connectivity index (χ1n) is 8.41. The van der Waals surface area contributed by atoms with E-state index in [0.29, 0.717) is 28.9 Å². The monoisotopic (exact) mass is 354 g/mol. The predicted octanol–water partition coefficient (Wildman–Crippen LogP) is 2.76. The Morgan fingerprint density at radius 3 is 2.42 bits per heavy atom. The van der Waals surface area contributed by atoms with E-state index in [9.17, 15) is 4.79 Å². The second-order valence-corrected chi connectivity index (χ2v) is 6.72. The highest BCUT2D eigenvalue weighted by Crippen LogP contribution is 2.40. The second kappa shape index (κ2) is 8.08. The fourth-order valence-electron chi connectivity index (χ4n) is 4.32. The summed E-state index contributed by atoms with van der Waals surface area (Å²) in [5.74, 6) is 1.98. The number of amides is 1. The van der Waals surface area contributed by atoms with Gasteiger partial charge in [-0.25, -0.2) is 0 Å². The average molecular weight is 355 g/mol. The van der Waals surface area contributed by atoms with E-state index in [1.54, 1.807) is 26.4 Å². The lowest BCUT2D eigenvalue weighted by Crippen LogP contribution is -2.53. The van der Waals surface area contributed by atoms with Gasteiger partial charge in [0.2, 0.25) is 0 Å². The number of fused-ring (bicyclic) bond motifs is 2. The van der Waals surface area contributed by atoms with Gasteiger partial charge in [0.25, 0.3) is 5.91 Å². The first kappa shape index (κ1) is 18.9. The van der Waals surface area contributed by atoms with Crippen molar-refractivity contribution in [3.63, 3.8) is 0 Å². The van der Waals surface area contributed by atoms with Crippen LogP contribution < -0.4 is 20.5 Å². The summed E-state index contributed by atoms with van der Waals surface area (Å²) in [5, 5.41) is 3.25. The molecule has 2 saturated carbocycles. The number of nitrogens with two attached hydrogens (primary N) is 1. The maximum absolute atomic E-state index is 12.8. The van der Waals surface area contributed by atoms with Crippen LogP contribution in [-0.4, -0.2) is 32.2 Å². The second-order valence-electron chi connectivity index (χ2n) is 6.72. The number of benzene rings is 1. The summed E-state index contributed by atoms with van der Waals surface area (Å²) in [6.07, 6.45) is 5.58. The van der Waals surface area contributed by atoms with Crippen LogP contribution in [0.4, 0.5) is 0 Å². The van der Waals surface area contributed by atoms with Crippen molar-refractivity contribution >= 4 is 18.3 Å². The summed E-state index contributed by atoms with van der Waals surface area (Å²) in [4.78, 5) is 12.8. The van der Waals surface area contributed by atoms with Crippen molar-refractivity contribution in [1.82, 2.24) is 5.32 Å². The largest absolute Gasteiger partial charge is 0.493 e. The van der Waals surface area contributed by atoms with E-state index >= 15 is 0 Å². The zero-order chi connectivity index (χ0) is 16.4. The molecule has 5 nitrogen and oxygen atoms in total. The molecule has 24 heavy (non-hydrogen) atoms. The van der Waals surface area contributed by atoms with Crippen molar-refractivity contribution in [3.8, 4) is 11.5 Å². The van der Waals surface area contributed by atoms with Gasteiger partial charge in [0.1, 0.15) is 0 Å². The molecule has 2 unspecified atom stereocenters. The van der Waals surface area contributed by atoms with Gasteiger partial charge in [0.05, 0.1) is 19.8 Å². The number of hydrogen-bond donors (Lipinski definition) is 2. The Labute approximate surface area is 149 Å². The van der Waals surface area contributed by atoms with Gasteiger partial charge >= 0.3 is 0 Å². The molecule has 0 saturated heterocycles. The van der Waals surface area contributed by atoms with E-state index in [1.807, 2.05) is 6.07 Å². The number of halogens is 1. The number of ether oxygens (including phenoxy) is 2. The molecule has 2 bridgehead atoms. The van der Waals surface area contributed by atoms with Crippen molar-refractivity contribution in [1.29, 1.82) is 0 Å². The fourth-order valence-corrected chi connectivity index (χ4v) is 4.32. The van der Waals surface area contributed by atoms with Crippen molar-refractivity contribution < 1.29 is 14.3 Å². The van der Waals surface area contributed by atoms with E-state index < -0.39 is 0 Å². The van der Waals surface area contributed by atoms with Crippen LogP contribution in [0.15, 0.2) is 18.2 Å². The first-order chi connectivity index (χ1) is 11.1. The summed E-state index contributed by atoms with van der Waals surface area (Å²) in [5.41, 5.74) is 6.69. The predicted molar refractivity (Wildman–Crippen MR) is 96.1 cm³/mol. The standard InChI is InChI=1S/C18H26N2O3.ClH/c1-22-15-8-4-7-14(17(15)23-2)18(21)20-16-11-5-3-6-12(16)10-13(19)9-11;/h4,7-8,11-13,16H,3,5-6,9-10,19H2,1-2H3,(H,20,21);1H. The van der Waals surface area contributed by atoms with Gasteiger partial charge in [0.15, 0.2) is 11.5 Å². The number of carbonyl (C=O) groups is 1. The molecule has 1 amide bonds. The number of nitrogens with one attached hydrogen (secondary N) is 1. The Morgan fingerprint density at radius 2 is 1.83 bits per heavy atom. The van der Waals surface area contributed by atoms with Crippen molar-refractivity contribution in [2.24, 2.45) is 17.6 Å². The van der Waals surface area contributed by atoms with Crippen molar-refractivity contribution in [2.75, 3.05) is 14.2 Å². The van der Waals surface area contributed by atoms with E-state index in [1.165, 1.54) is 6.42 Å². The van der Waals surface area contributed by atoms with E-state index in [0.717, 1.165) is 25.7 Å². The van der Waals surface area contributed by atoms with E-state index in [4.69, 9.17) is 15.2 Å². The van der Waals surface area contributed by atoms with E-state index in [-0.39, 0.29) is 30.4 Å². The summed E-state index contributed by atoms with van der Waals surface area (Å²) in [7, 11) is 3.13. The number of para-hydroxylation sites is 1. The molecule has 1 aromatic carbocycles. The Balaban J connectivity index is 0.00000208. The number of rotatable bonds is 4. The Bertz CT molecular complexity index is 567. The fraction of sp³-hybridized carbons (Fsp3) is 0.611. The van der Waals surface area contributed by atoms with Crippen LogP contribution >= 0.6 is 12.4 Å². The Hall–Kier alpha value is -1.46. The first-order valence-corrected chi connectivity index (χ1v) is 8.41. The quantitative estimate of drug-likeness (QED) is 0.872. The third-order valence-corrected chi connectivity index (χ3v) is 5.32. The van der Waals surface area contributed by atoms with E-state index in [2.05, 4.69) is 5.32 Å². The number of methoxy groups -OCH3 is 2. The molecule has 2 atom stereocenters. The highest BCUT2D eigenvalue weighted by Gasteiger charge is 2.40. The summed E-state index contributed by atoms with van der Waals surface area (Å²) in [6, 6.07) is 5.90. The molecule has 0 heterocycles. The third-order valence-electron chi connectivity index (χ3n) is 5.32. The zero-order valence-corrected chi connectivity index (χ0v) is 15.1. The molecule has 3 rings (SSSR count). The van der Waals surface area contributed by atoms with Gasteiger partial charge in [-0.05, 0) is 49.7 Å². The van der Waals surface area contributed by atoms with Gasteiger partial charge < -0.3 is 20.5 Å². The average Bonchev–Trinajstić information content (AvgIpc) is 2.54. The highest BCUT2D eigenvalue weighted by molar-refractivity contribution is 5.98. The molecule has 2 aliphatic rings. The molecule has 2 fully saturated rings. The van der Waals surface area contributed by atoms with Crippen LogP contribution in [0.25, 0.3) is 0 Å². The summed E-state index contributed by atoms with van der Waals surface area (Å²) < 4.78 is 10.7. The zero-order valence-electron chi connectivity index (χ0n) is 14.3. The van der Waals surface area contributed by atoms with Gasteiger partial charge in [-0.3, -0.25) is 4.79 Å². The molecular formula is C18H27ClN2O3. The van der Waals surface area contributed by atoms with Gasteiger partial charge in [-0.1, -0.05) is 12.5 Å². The minimum atomic E-state index is -0.0851. The van der Waals surface area contributed by atoms with Crippen molar-refractivity contribution in [3.05, 3.63) is 23.8 Å². The maximum atomic E-state index is 12.8. The lowest BCUT2D eigenvalue weighted by atomic mass is 9.67. The molecule has 134 valence electrons. The smallest absolute Gasteiger partial charge is 0.255 e. The van der Waals surface area contributed by atoms with Crippen LogP contribution in [0.5, 0.6) is 11.5 Å². The SMILES string of the molecule is COc1cccc(C(=O)NC2C3CCCC2CC(N)C3)c1OC.Cl. The minimum Gasteiger partial charge on any atom is -0.493 e. The molecule has 1 aromatic rings. The van der Waals surface area contributed by atoms with Crippen LogP contribution in [0, 0.1) is 11.8 Å². The Morgan fingerprint density at radius 1 is 1.17 bits per heavy atom. The molecule has 0 radical (unpaired) electrons. The lowest BCUT2D eigenvalue weighted by Gasteiger charge is -2.45. The Kier molecular flexibility index (Phi) is 6.35. The minimum absolute atomic E-state index is 0. The van der Waals surface area contributed by atoms with Crippen LogP contribution in [0.1, 0.15) is 42.5 Å². The van der Waals surface area contributed by atoms with Crippen LogP contribution in [0.3, 0.4) is 0 Å². The summed E-state index contributed by atoms with van der Waals surface area (Å²) >= 11 is 0. The summed E-state index contributed by atoms with van der Waals surface area (Å²) in [6.45, 7) is 0. The molecular weight excluding hydrogens is 328 g/mol. The molecule has 0 aromatic heterocycles. The molecule has 6 heteroatoms. The van der Waals surface area contributed by atoms with Crippen molar-refractivity contribution in [2.45, 2.75) is 44.2 Å². The van der Waals surface area contributed by atoms with Gasteiger partial charge in [-0.15, -0.1) is 12.4 Å². The topological polar surface area (TPSA) is 73.6 Å². The van der Waals surface area contributed by atoms with Gasteiger partial charge in [-0.2, -0.15) is 0 Å². The maximum Gasteiger partial charge on any atom is 0.255 e. The molecule has 2 aliphatic carbocycles. The third kappa shape index (κ3) is 3.62. The number of carbonyl (C=O) groups excluding carboxylic acids is 1.